The fourth-order valence-corrected chi connectivity index (χ4v) is 4.41. The number of carbonyl (C=O) groups excluding carboxylic acids is 1. The number of anilines is 1. The van der Waals surface area contributed by atoms with Crippen LogP contribution in [0, 0.1) is 0 Å². The highest BCUT2D eigenvalue weighted by Gasteiger charge is 2.30. The van der Waals surface area contributed by atoms with Crippen LogP contribution >= 0.6 is 11.6 Å². The maximum absolute atomic E-state index is 12.7. The molecule has 0 radical (unpaired) electrons. The molecule has 2 fully saturated rings. The van der Waals surface area contributed by atoms with Crippen molar-refractivity contribution in [3.63, 3.8) is 0 Å². The minimum absolute atomic E-state index is 0.0755. The van der Waals surface area contributed by atoms with Crippen molar-refractivity contribution in [3.8, 4) is 0 Å². The topological polar surface area (TPSA) is 94.4 Å². The van der Waals surface area contributed by atoms with Gasteiger partial charge in [-0.3, -0.25) is 9.58 Å². The first-order valence-electron chi connectivity index (χ1n) is 11.1. The number of rotatable bonds is 4. The lowest BCUT2D eigenvalue weighted by Gasteiger charge is -2.35. The van der Waals surface area contributed by atoms with Crippen LogP contribution in [0.15, 0.2) is 6.33 Å². The van der Waals surface area contributed by atoms with E-state index >= 15 is 0 Å². The quantitative estimate of drug-likeness (QED) is 0.530. The molecule has 31 heavy (non-hydrogen) atoms. The Morgan fingerprint density at radius 1 is 1.19 bits per heavy atom. The number of hydrazine groups is 1. The van der Waals surface area contributed by atoms with Crippen molar-refractivity contribution in [2.45, 2.75) is 90.0 Å². The number of carbonyl (C=O) groups is 1. The summed E-state index contributed by atoms with van der Waals surface area (Å²) in [6.45, 7) is 6.22. The minimum atomic E-state index is -0.610. The first-order chi connectivity index (χ1) is 14.8. The summed E-state index contributed by atoms with van der Waals surface area (Å²) >= 11 is 6.34. The number of imidazole rings is 1. The fourth-order valence-electron chi connectivity index (χ4n) is 4.25. The van der Waals surface area contributed by atoms with Crippen molar-refractivity contribution in [1.29, 1.82) is 0 Å². The van der Waals surface area contributed by atoms with Gasteiger partial charge in [0.25, 0.3) is 0 Å². The van der Waals surface area contributed by atoms with E-state index in [1.165, 1.54) is 6.42 Å². The normalized spacial score (nSPS) is 20.6. The number of amides is 1. The van der Waals surface area contributed by atoms with E-state index in [-0.39, 0.29) is 17.6 Å². The monoisotopic (exact) mass is 450 g/mol. The molecule has 2 aromatic rings. The maximum Gasteiger partial charge on any atom is 0.426 e. The number of hydrogen-bond acceptors (Lipinski definition) is 7. The lowest BCUT2D eigenvalue weighted by atomic mass is 9.95. The van der Waals surface area contributed by atoms with E-state index in [0.717, 1.165) is 44.9 Å². The highest BCUT2D eigenvalue weighted by molar-refractivity contribution is 6.28. The zero-order valence-corrected chi connectivity index (χ0v) is 19.2. The lowest BCUT2D eigenvalue weighted by Crippen LogP contribution is -2.51. The van der Waals surface area contributed by atoms with Gasteiger partial charge in [-0.15, -0.1) is 0 Å². The Morgan fingerprint density at radius 2 is 1.94 bits per heavy atom. The Bertz CT molecular complexity index is 916. The third-order valence-electron chi connectivity index (χ3n) is 5.62. The van der Waals surface area contributed by atoms with Crippen molar-refractivity contribution in [1.82, 2.24) is 24.9 Å². The Balaban J connectivity index is 1.72. The van der Waals surface area contributed by atoms with Gasteiger partial charge in [0.15, 0.2) is 17.0 Å². The summed E-state index contributed by atoms with van der Waals surface area (Å²) in [6.07, 6.45) is 9.33. The molecule has 1 unspecified atom stereocenters. The molecule has 0 bridgehead atoms. The summed E-state index contributed by atoms with van der Waals surface area (Å²) in [5.41, 5.74) is 3.49. The van der Waals surface area contributed by atoms with E-state index in [9.17, 15) is 4.79 Å². The average molecular weight is 451 g/mol. The van der Waals surface area contributed by atoms with Crippen molar-refractivity contribution in [2.75, 3.05) is 11.6 Å². The van der Waals surface area contributed by atoms with Crippen molar-refractivity contribution in [2.24, 2.45) is 0 Å². The van der Waals surface area contributed by atoms with E-state index in [1.807, 2.05) is 25.3 Å². The van der Waals surface area contributed by atoms with E-state index in [2.05, 4.69) is 20.4 Å². The molecule has 0 spiro atoms. The Labute approximate surface area is 187 Å². The number of ether oxygens (including phenoxy) is 2. The largest absolute Gasteiger partial charge is 0.443 e. The van der Waals surface area contributed by atoms with Gasteiger partial charge < -0.3 is 9.47 Å². The van der Waals surface area contributed by atoms with Crippen LogP contribution in [0.5, 0.6) is 0 Å². The third kappa shape index (κ3) is 5.20. The molecule has 1 saturated carbocycles. The number of nitrogens with one attached hydrogen (secondary N) is 1. The average Bonchev–Trinajstić information content (AvgIpc) is 3.15. The van der Waals surface area contributed by atoms with Gasteiger partial charge in [0.2, 0.25) is 5.28 Å². The van der Waals surface area contributed by atoms with Gasteiger partial charge >= 0.3 is 6.09 Å². The Kier molecular flexibility index (Phi) is 6.52. The second kappa shape index (κ2) is 9.16. The molecule has 1 saturated heterocycles. The predicted octanol–water partition coefficient (Wildman–Crippen LogP) is 4.76. The van der Waals surface area contributed by atoms with Crippen LogP contribution in [0.1, 0.15) is 78.4 Å². The SMILES string of the molecule is CC(C)(C)OC(=O)NN(c1nc(Cl)nc2c1ncn2C1CCCCO1)C1CCCCC1. The first-order valence-corrected chi connectivity index (χ1v) is 11.5. The molecule has 1 amide bonds. The van der Waals surface area contributed by atoms with Crippen LogP contribution in [0.4, 0.5) is 10.6 Å². The summed E-state index contributed by atoms with van der Waals surface area (Å²) < 4.78 is 13.3. The second-order valence-corrected chi connectivity index (χ2v) is 9.58. The van der Waals surface area contributed by atoms with Gasteiger partial charge in [0.1, 0.15) is 11.8 Å². The van der Waals surface area contributed by atoms with Gasteiger partial charge in [0, 0.05) is 6.61 Å². The molecule has 0 aromatic carbocycles. The van der Waals surface area contributed by atoms with Crippen molar-refractivity contribution in [3.05, 3.63) is 11.6 Å². The number of aromatic nitrogens is 4. The first kappa shape index (κ1) is 22.1. The zero-order valence-electron chi connectivity index (χ0n) is 18.4. The molecule has 3 heterocycles. The van der Waals surface area contributed by atoms with Crippen LogP contribution in [-0.2, 0) is 9.47 Å². The van der Waals surface area contributed by atoms with Gasteiger partial charge in [-0.1, -0.05) is 19.3 Å². The number of nitrogens with zero attached hydrogens (tertiary/aromatic N) is 5. The van der Waals surface area contributed by atoms with Crippen molar-refractivity contribution < 1.29 is 14.3 Å². The van der Waals surface area contributed by atoms with Crippen LogP contribution < -0.4 is 10.4 Å². The highest BCUT2D eigenvalue weighted by atomic mass is 35.5. The molecule has 1 atom stereocenters. The molecule has 2 aliphatic rings. The minimum Gasteiger partial charge on any atom is -0.443 e. The summed E-state index contributed by atoms with van der Waals surface area (Å²) in [5.74, 6) is 0.488. The lowest BCUT2D eigenvalue weighted by molar-refractivity contribution is -0.0298. The third-order valence-corrected chi connectivity index (χ3v) is 5.79. The predicted molar refractivity (Wildman–Crippen MR) is 118 cm³/mol. The van der Waals surface area contributed by atoms with Crippen molar-refractivity contribution >= 4 is 34.7 Å². The molecule has 9 nitrogen and oxygen atoms in total. The number of halogens is 1. The number of fused-ring (bicyclic) bond motifs is 1. The van der Waals surface area contributed by atoms with Crippen LogP contribution in [0.2, 0.25) is 5.28 Å². The highest BCUT2D eigenvalue weighted by Crippen LogP contribution is 2.32. The molecular weight excluding hydrogens is 420 g/mol. The Morgan fingerprint density at radius 3 is 2.61 bits per heavy atom. The molecule has 1 N–H and O–H groups in total. The van der Waals surface area contributed by atoms with E-state index < -0.39 is 11.7 Å². The van der Waals surface area contributed by atoms with Crippen LogP contribution in [0.3, 0.4) is 0 Å². The summed E-state index contributed by atoms with van der Waals surface area (Å²) in [5, 5.41) is 1.88. The maximum atomic E-state index is 12.7. The smallest absolute Gasteiger partial charge is 0.426 e. The Hall–Kier alpha value is -2.13. The van der Waals surface area contributed by atoms with Gasteiger partial charge in [-0.05, 0) is 64.5 Å². The standard InChI is InChI=1S/C21H31ClN6O3/c1-21(2,3)31-20(29)26-28(14-9-5-4-6-10-14)18-16-17(24-19(22)25-18)27(13-23-16)15-11-7-8-12-30-15/h13-15H,4-12H2,1-3H3,(H,26,29). The molecular formula is C21H31ClN6O3. The van der Waals surface area contributed by atoms with Gasteiger partial charge in [0.05, 0.1) is 12.4 Å². The fraction of sp³-hybridized carbons (Fsp3) is 0.714. The van der Waals surface area contributed by atoms with Gasteiger partial charge in [-0.2, -0.15) is 9.97 Å². The molecule has 2 aromatic heterocycles. The number of hydrogen-bond donors (Lipinski definition) is 1. The summed E-state index contributed by atoms with van der Waals surface area (Å²) in [7, 11) is 0. The van der Waals surface area contributed by atoms with E-state index in [0.29, 0.717) is 23.6 Å². The molecule has 10 heteroatoms. The summed E-state index contributed by atoms with van der Waals surface area (Å²) in [6, 6.07) is 0.0755. The zero-order chi connectivity index (χ0) is 22.0. The second-order valence-electron chi connectivity index (χ2n) is 9.24. The van der Waals surface area contributed by atoms with Crippen LogP contribution in [0.25, 0.3) is 11.2 Å². The molecule has 1 aliphatic carbocycles. The molecule has 1 aliphatic heterocycles. The van der Waals surface area contributed by atoms with Gasteiger partial charge in [-0.25, -0.2) is 15.2 Å². The van der Waals surface area contributed by atoms with Crippen LogP contribution in [-0.4, -0.2) is 43.9 Å². The summed E-state index contributed by atoms with van der Waals surface area (Å²) in [4.78, 5) is 26.2. The van der Waals surface area contributed by atoms with E-state index in [1.54, 1.807) is 11.3 Å². The molecule has 4 rings (SSSR count). The van der Waals surface area contributed by atoms with E-state index in [4.69, 9.17) is 21.1 Å². The molecule has 170 valence electrons.